The van der Waals surface area contributed by atoms with Crippen molar-refractivity contribution in [3.05, 3.63) is 60.2 Å². The number of sulfonamides is 1. The van der Waals surface area contributed by atoms with E-state index in [1.165, 1.54) is 18.2 Å². The fraction of sp³-hybridized carbons (Fsp3) is 0.133. The molecule has 0 aromatic heterocycles. The highest BCUT2D eigenvalue weighted by Crippen LogP contribution is 2.12. The maximum absolute atomic E-state index is 12.1. The molecule has 0 aliphatic carbocycles. The Morgan fingerprint density at radius 2 is 1.82 bits per heavy atom. The topological polar surface area (TPSA) is 92.7 Å². The molecule has 2 rings (SSSR count). The number of aromatic carboxylic acids is 1. The maximum atomic E-state index is 12.1. The lowest BCUT2D eigenvalue weighted by Gasteiger charge is -2.09. The number of ether oxygens (including phenoxy) is 1. The van der Waals surface area contributed by atoms with Crippen molar-refractivity contribution in [1.82, 2.24) is 4.72 Å². The number of benzene rings is 2. The fourth-order valence-electron chi connectivity index (χ4n) is 1.74. The first-order valence-corrected chi connectivity index (χ1v) is 7.98. The van der Waals surface area contributed by atoms with E-state index in [1.54, 1.807) is 12.1 Å². The summed E-state index contributed by atoms with van der Waals surface area (Å²) >= 11 is 0. The minimum atomic E-state index is -3.76. The lowest BCUT2D eigenvalue weighted by Crippen LogP contribution is -2.28. The molecule has 0 fully saturated rings. The molecule has 0 heterocycles. The maximum Gasteiger partial charge on any atom is 0.335 e. The Bertz CT molecular complexity index is 744. The molecule has 2 aromatic rings. The predicted molar refractivity (Wildman–Crippen MR) is 80.5 cm³/mol. The van der Waals surface area contributed by atoms with Crippen molar-refractivity contribution < 1.29 is 23.1 Å². The van der Waals surface area contributed by atoms with Gasteiger partial charge in [-0.05, 0) is 30.3 Å². The first-order valence-electron chi connectivity index (χ1n) is 6.50. The van der Waals surface area contributed by atoms with Gasteiger partial charge in [-0.25, -0.2) is 17.9 Å². The molecule has 2 N–H and O–H groups in total. The summed E-state index contributed by atoms with van der Waals surface area (Å²) in [6, 6.07) is 14.2. The Labute approximate surface area is 128 Å². The van der Waals surface area contributed by atoms with Crippen molar-refractivity contribution in [1.29, 1.82) is 0 Å². The molecule has 0 atom stereocenters. The second-order valence-electron chi connectivity index (χ2n) is 4.39. The molecule has 0 saturated carbocycles. The molecule has 0 bridgehead atoms. The Hall–Kier alpha value is -2.38. The summed E-state index contributed by atoms with van der Waals surface area (Å²) in [6.07, 6.45) is 0. The van der Waals surface area contributed by atoms with Crippen LogP contribution >= 0.6 is 0 Å². The van der Waals surface area contributed by atoms with Gasteiger partial charge in [0.25, 0.3) is 0 Å². The van der Waals surface area contributed by atoms with Gasteiger partial charge in [0.05, 0.1) is 10.5 Å². The summed E-state index contributed by atoms with van der Waals surface area (Å²) in [5, 5.41) is 8.88. The normalized spacial score (nSPS) is 11.1. The Morgan fingerprint density at radius 1 is 1.09 bits per heavy atom. The van der Waals surface area contributed by atoms with Gasteiger partial charge in [-0.1, -0.05) is 24.3 Å². The lowest BCUT2D eigenvalue weighted by atomic mass is 10.2. The third-order valence-electron chi connectivity index (χ3n) is 2.80. The number of carbonyl (C=O) groups is 1. The summed E-state index contributed by atoms with van der Waals surface area (Å²) in [7, 11) is -3.76. The number of hydrogen-bond donors (Lipinski definition) is 2. The van der Waals surface area contributed by atoms with Crippen LogP contribution in [0.4, 0.5) is 0 Å². The van der Waals surface area contributed by atoms with Crippen molar-refractivity contribution in [3.63, 3.8) is 0 Å². The number of para-hydroxylation sites is 1. The average Bonchev–Trinajstić information content (AvgIpc) is 2.53. The zero-order valence-corrected chi connectivity index (χ0v) is 12.4. The largest absolute Gasteiger partial charge is 0.492 e. The van der Waals surface area contributed by atoms with E-state index in [0.29, 0.717) is 5.75 Å². The zero-order chi connectivity index (χ0) is 16.0. The van der Waals surface area contributed by atoms with Crippen molar-refractivity contribution in [2.75, 3.05) is 13.2 Å². The van der Waals surface area contributed by atoms with Crippen LogP contribution in [-0.2, 0) is 10.0 Å². The van der Waals surface area contributed by atoms with E-state index in [2.05, 4.69) is 4.72 Å². The van der Waals surface area contributed by atoms with Gasteiger partial charge in [-0.3, -0.25) is 0 Å². The van der Waals surface area contributed by atoms with Gasteiger partial charge in [0.15, 0.2) is 0 Å². The van der Waals surface area contributed by atoms with Crippen molar-refractivity contribution in [2.45, 2.75) is 4.90 Å². The van der Waals surface area contributed by atoms with Crippen LogP contribution in [0, 0.1) is 0 Å². The van der Waals surface area contributed by atoms with Crippen LogP contribution in [0.5, 0.6) is 5.75 Å². The van der Waals surface area contributed by atoms with Gasteiger partial charge < -0.3 is 9.84 Å². The van der Waals surface area contributed by atoms with Crippen LogP contribution in [0.15, 0.2) is 59.5 Å². The molecule has 2 aromatic carbocycles. The van der Waals surface area contributed by atoms with Crippen LogP contribution in [0.3, 0.4) is 0 Å². The Kier molecular flexibility index (Phi) is 5.13. The van der Waals surface area contributed by atoms with Crippen molar-refractivity contribution >= 4 is 16.0 Å². The van der Waals surface area contributed by atoms with E-state index < -0.39 is 16.0 Å². The minimum absolute atomic E-state index is 0.0779. The standard InChI is InChI=1S/C15H15NO5S/c17-15(18)12-5-4-8-14(11-12)22(19,20)16-9-10-21-13-6-2-1-3-7-13/h1-8,11,16H,9-10H2,(H,17,18). The van der Waals surface area contributed by atoms with Gasteiger partial charge in [-0.15, -0.1) is 0 Å². The molecule has 0 radical (unpaired) electrons. The van der Waals surface area contributed by atoms with E-state index in [-0.39, 0.29) is 23.6 Å². The number of hydrogen-bond acceptors (Lipinski definition) is 4. The molecular weight excluding hydrogens is 306 g/mol. The highest BCUT2D eigenvalue weighted by molar-refractivity contribution is 7.89. The second kappa shape index (κ2) is 7.06. The molecule has 22 heavy (non-hydrogen) atoms. The smallest absolute Gasteiger partial charge is 0.335 e. The molecule has 0 saturated heterocycles. The molecule has 6 nitrogen and oxygen atoms in total. The van der Waals surface area contributed by atoms with Gasteiger partial charge in [-0.2, -0.15) is 0 Å². The summed E-state index contributed by atoms with van der Waals surface area (Å²) in [5.41, 5.74) is -0.0802. The lowest BCUT2D eigenvalue weighted by molar-refractivity contribution is 0.0696. The van der Waals surface area contributed by atoms with Gasteiger partial charge in [0, 0.05) is 6.54 Å². The molecule has 0 unspecified atom stereocenters. The van der Waals surface area contributed by atoms with Crippen LogP contribution in [0.25, 0.3) is 0 Å². The van der Waals surface area contributed by atoms with Crippen LogP contribution in [0.1, 0.15) is 10.4 Å². The average molecular weight is 321 g/mol. The molecule has 0 aliphatic rings. The van der Waals surface area contributed by atoms with Crippen molar-refractivity contribution in [3.8, 4) is 5.75 Å². The third-order valence-corrected chi connectivity index (χ3v) is 4.26. The van der Waals surface area contributed by atoms with Crippen molar-refractivity contribution in [2.24, 2.45) is 0 Å². The SMILES string of the molecule is O=C(O)c1cccc(S(=O)(=O)NCCOc2ccccc2)c1. The highest BCUT2D eigenvalue weighted by atomic mass is 32.2. The van der Waals surface area contributed by atoms with Gasteiger partial charge in [0.1, 0.15) is 12.4 Å². The first-order chi connectivity index (χ1) is 10.5. The third kappa shape index (κ3) is 4.31. The van der Waals surface area contributed by atoms with Crippen LogP contribution < -0.4 is 9.46 Å². The number of rotatable bonds is 7. The Balaban J connectivity index is 1.94. The minimum Gasteiger partial charge on any atom is -0.492 e. The first kappa shape index (κ1) is 16.0. The molecule has 116 valence electrons. The van der Waals surface area contributed by atoms with E-state index in [0.717, 1.165) is 6.07 Å². The van der Waals surface area contributed by atoms with E-state index in [4.69, 9.17) is 9.84 Å². The summed E-state index contributed by atoms with van der Waals surface area (Å²) < 4.78 is 31.9. The van der Waals surface area contributed by atoms with Gasteiger partial charge in [0.2, 0.25) is 10.0 Å². The molecular formula is C15H15NO5S. The van der Waals surface area contributed by atoms with Crippen LogP contribution in [-0.4, -0.2) is 32.6 Å². The summed E-state index contributed by atoms with van der Waals surface area (Å²) in [4.78, 5) is 10.8. The summed E-state index contributed by atoms with van der Waals surface area (Å²) in [6.45, 7) is 0.246. The highest BCUT2D eigenvalue weighted by Gasteiger charge is 2.15. The summed E-state index contributed by atoms with van der Waals surface area (Å²) in [5.74, 6) is -0.529. The number of carboxylic acid groups (broad SMARTS) is 1. The number of nitrogens with one attached hydrogen (secondary N) is 1. The molecule has 0 spiro atoms. The zero-order valence-electron chi connectivity index (χ0n) is 11.6. The van der Waals surface area contributed by atoms with Gasteiger partial charge >= 0.3 is 5.97 Å². The quantitative estimate of drug-likeness (QED) is 0.758. The molecule has 7 heteroatoms. The second-order valence-corrected chi connectivity index (χ2v) is 6.16. The monoisotopic (exact) mass is 321 g/mol. The van der Waals surface area contributed by atoms with E-state index in [1.807, 2.05) is 18.2 Å². The number of carboxylic acids is 1. The van der Waals surface area contributed by atoms with Crippen LogP contribution in [0.2, 0.25) is 0 Å². The molecule has 0 amide bonds. The predicted octanol–water partition coefficient (Wildman–Crippen LogP) is 1.74. The Morgan fingerprint density at radius 3 is 2.50 bits per heavy atom. The van der Waals surface area contributed by atoms with E-state index >= 15 is 0 Å². The van der Waals surface area contributed by atoms with E-state index in [9.17, 15) is 13.2 Å². The molecule has 0 aliphatic heterocycles. The fourth-order valence-corrected chi connectivity index (χ4v) is 2.80.